The first-order valence-electron chi connectivity index (χ1n) is 9.29. The number of carboxylic acids is 1. The number of aliphatic carboxylic acids is 1. The Hall–Kier alpha value is -2.66. The Balaban J connectivity index is 1.97. The summed E-state index contributed by atoms with van der Waals surface area (Å²) in [5.74, 6) is -1.21. The number of nitrogens with one attached hydrogen (secondary N) is 2. The predicted octanol–water partition coefficient (Wildman–Crippen LogP) is 2.82. The van der Waals surface area contributed by atoms with E-state index in [0.29, 0.717) is 12.2 Å². The van der Waals surface area contributed by atoms with Gasteiger partial charge in [0.15, 0.2) is 0 Å². The normalized spacial score (nSPS) is 15.4. The maximum atomic E-state index is 12.2. The van der Waals surface area contributed by atoms with E-state index < -0.39 is 17.9 Å². The largest absolute Gasteiger partial charge is 0.480 e. The van der Waals surface area contributed by atoms with Crippen LogP contribution in [0.4, 0.5) is 11.4 Å². The molecule has 1 heterocycles. The minimum absolute atomic E-state index is 0.171. The number of amides is 1. The van der Waals surface area contributed by atoms with E-state index in [-0.39, 0.29) is 5.57 Å². The van der Waals surface area contributed by atoms with Gasteiger partial charge in [0, 0.05) is 30.7 Å². The first kappa shape index (κ1) is 21.6. The van der Waals surface area contributed by atoms with Crippen molar-refractivity contribution in [2.45, 2.75) is 31.7 Å². The fourth-order valence-corrected chi connectivity index (χ4v) is 3.43. The van der Waals surface area contributed by atoms with Gasteiger partial charge in [0.05, 0.1) is 0 Å². The molecule has 1 saturated heterocycles. The number of nitrogens with zero attached hydrogens (tertiary/aromatic N) is 2. The summed E-state index contributed by atoms with van der Waals surface area (Å²) in [6.07, 6.45) is 7.15. The molecule has 1 amide bonds. The van der Waals surface area contributed by atoms with E-state index >= 15 is 0 Å². The lowest BCUT2D eigenvalue weighted by Crippen LogP contribution is -2.41. The second kappa shape index (κ2) is 11.2. The first-order valence-corrected chi connectivity index (χ1v) is 10.7. The molecular weight excluding hydrogens is 376 g/mol. The monoisotopic (exact) mass is 402 g/mol. The van der Waals surface area contributed by atoms with E-state index in [4.69, 9.17) is 0 Å². The highest BCUT2D eigenvalue weighted by atomic mass is 32.2. The Morgan fingerprint density at radius 1 is 1.29 bits per heavy atom. The number of thioether (sulfide) groups is 1. The summed E-state index contributed by atoms with van der Waals surface area (Å²) in [6, 6.07) is 8.61. The fraction of sp³-hybridized carbons (Fsp3) is 0.450. The number of nitriles is 1. The van der Waals surface area contributed by atoms with Gasteiger partial charge >= 0.3 is 5.97 Å². The van der Waals surface area contributed by atoms with Gasteiger partial charge in [0.2, 0.25) is 0 Å². The van der Waals surface area contributed by atoms with Gasteiger partial charge in [-0.05, 0) is 62.0 Å². The molecule has 0 bridgehead atoms. The van der Waals surface area contributed by atoms with Gasteiger partial charge in [-0.3, -0.25) is 4.79 Å². The van der Waals surface area contributed by atoms with Gasteiger partial charge in [-0.2, -0.15) is 17.0 Å². The number of benzene rings is 1. The van der Waals surface area contributed by atoms with Gasteiger partial charge in [0.1, 0.15) is 17.7 Å². The Morgan fingerprint density at radius 3 is 2.54 bits per heavy atom. The molecule has 1 aliphatic heterocycles. The molecule has 1 aromatic carbocycles. The molecule has 1 fully saturated rings. The lowest BCUT2D eigenvalue weighted by Gasteiger charge is -2.28. The predicted molar refractivity (Wildman–Crippen MR) is 112 cm³/mol. The Bertz CT molecular complexity index is 737. The van der Waals surface area contributed by atoms with Crippen molar-refractivity contribution in [1.82, 2.24) is 5.32 Å². The number of hydrogen-bond donors (Lipinski definition) is 3. The summed E-state index contributed by atoms with van der Waals surface area (Å²) in [4.78, 5) is 25.8. The van der Waals surface area contributed by atoms with E-state index in [1.165, 1.54) is 37.2 Å². The van der Waals surface area contributed by atoms with Crippen LogP contribution < -0.4 is 15.5 Å². The maximum absolute atomic E-state index is 12.2. The fourth-order valence-electron chi connectivity index (χ4n) is 2.95. The molecule has 1 aromatic rings. The number of piperidine rings is 1. The molecule has 0 aliphatic carbocycles. The second-order valence-corrected chi connectivity index (χ2v) is 7.54. The van der Waals surface area contributed by atoms with Crippen molar-refractivity contribution >= 4 is 35.0 Å². The third kappa shape index (κ3) is 6.50. The Kier molecular flexibility index (Phi) is 8.69. The van der Waals surface area contributed by atoms with E-state index in [0.717, 1.165) is 24.5 Å². The molecule has 0 saturated carbocycles. The van der Waals surface area contributed by atoms with Gasteiger partial charge in [-0.25, -0.2) is 4.79 Å². The Labute approximate surface area is 169 Å². The standard InChI is InChI=1S/C20H26N4O3S/c1-28-12-9-18(20(26)27)23-19(25)15(13-21)14-22-16-5-7-17(8-6-16)24-10-3-2-4-11-24/h5-8,14,18,22H,2-4,9-12H2,1H3,(H,23,25)(H,26,27)/b15-14-. The van der Waals surface area contributed by atoms with Crippen molar-refractivity contribution < 1.29 is 14.7 Å². The highest BCUT2D eigenvalue weighted by Gasteiger charge is 2.21. The molecule has 28 heavy (non-hydrogen) atoms. The summed E-state index contributed by atoms with van der Waals surface area (Å²) in [5, 5.41) is 23.8. The van der Waals surface area contributed by atoms with Gasteiger partial charge < -0.3 is 20.6 Å². The third-order valence-electron chi connectivity index (χ3n) is 4.55. The molecule has 7 nitrogen and oxygen atoms in total. The molecule has 2 rings (SSSR count). The quantitative estimate of drug-likeness (QED) is 0.431. The van der Waals surface area contributed by atoms with Crippen molar-refractivity contribution in [3.05, 3.63) is 36.0 Å². The van der Waals surface area contributed by atoms with Crippen LogP contribution in [0.15, 0.2) is 36.0 Å². The number of carbonyl (C=O) groups is 2. The van der Waals surface area contributed by atoms with Crippen LogP contribution in [-0.4, -0.2) is 48.1 Å². The average molecular weight is 403 g/mol. The van der Waals surface area contributed by atoms with Crippen LogP contribution in [0, 0.1) is 11.3 Å². The highest BCUT2D eigenvalue weighted by molar-refractivity contribution is 7.98. The zero-order chi connectivity index (χ0) is 20.4. The third-order valence-corrected chi connectivity index (χ3v) is 5.19. The number of carboxylic acid groups (broad SMARTS) is 1. The molecule has 150 valence electrons. The van der Waals surface area contributed by atoms with Crippen molar-refractivity contribution in [3.63, 3.8) is 0 Å². The summed E-state index contributed by atoms with van der Waals surface area (Å²) in [5.41, 5.74) is 1.74. The summed E-state index contributed by atoms with van der Waals surface area (Å²) >= 11 is 1.50. The molecule has 3 N–H and O–H groups in total. The zero-order valence-electron chi connectivity index (χ0n) is 16.0. The zero-order valence-corrected chi connectivity index (χ0v) is 16.8. The van der Waals surface area contributed by atoms with Crippen LogP contribution in [0.2, 0.25) is 0 Å². The lowest BCUT2D eigenvalue weighted by molar-refractivity contribution is -0.141. The summed E-state index contributed by atoms with van der Waals surface area (Å²) in [7, 11) is 0. The molecule has 0 radical (unpaired) electrons. The number of carbonyl (C=O) groups excluding carboxylic acids is 1. The van der Waals surface area contributed by atoms with Crippen LogP contribution >= 0.6 is 11.8 Å². The molecule has 8 heteroatoms. The minimum Gasteiger partial charge on any atom is -0.480 e. The number of anilines is 2. The average Bonchev–Trinajstić information content (AvgIpc) is 2.72. The topological polar surface area (TPSA) is 105 Å². The van der Waals surface area contributed by atoms with Crippen LogP contribution in [0.1, 0.15) is 25.7 Å². The first-order chi connectivity index (χ1) is 13.5. The summed E-state index contributed by atoms with van der Waals surface area (Å²) in [6.45, 7) is 2.12. The van der Waals surface area contributed by atoms with Gasteiger partial charge in [0.25, 0.3) is 5.91 Å². The van der Waals surface area contributed by atoms with E-state index in [9.17, 15) is 20.0 Å². The van der Waals surface area contributed by atoms with Crippen molar-refractivity contribution in [2.24, 2.45) is 0 Å². The van der Waals surface area contributed by atoms with Crippen LogP contribution in [-0.2, 0) is 9.59 Å². The van der Waals surface area contributed by atoms with Crippen LogP contribution in [0.25, 0.3) is 0 Å². The van der Waals surface area contributed by atoms with E-state index in [1.54, 1.807) is 0 Å². The number of hydrogen-bond acceptors (Lipinski definition) is 6. The lowest BCUT2D eigenvalue weighted by atomic mass is 10.1. The van der Waals surface area contributed by atoms with E-state index in [1.807, 2.05) is 36.6 Å². The minimum atomic E-state index is -1.11. The smallest absolute Gasteiger partial charge is 0.326 e. The summed E-state index contributed by atoms with van der Waals surface area (Å²) < 4.78 is 0. The molecule has 1 unspecified atom stereocenters. The molecule has 1 atom stereocenters. The van der Waals surface area contributed by atoms with Crippen molar-refractivity contribution in [2.75, 3.05) is 35.3 Å². The van der Waals surface area contributed by atoms with E-state index in [2.05, 4.69) is 15.5 Å². The maximum Gasteiger partial charge on any atom is 0.326 e. The molecule has 0 spiro atoms. The van der Waals surface area contributed by atoms with Crippen molar-refractivity contribution in [3.8, 4) is 6.07 Å². The Morgan fingerprint density at radius 2 is 1.96 bits per heavy atom. The SMILES string of the molecule is CSCCC(NC(=O)/C(C#N)=C\Nc1ccc(N2CCCCC2)cc1)C(=O)O. The van der Waals surface area contributed by atoms with Crippen LogP contribution in [0.5, 0.6) is 0 Å². The highest BCUT2D eigenvalue weighted by Crippen LogP contribution is 2.21. The molecule has 1 aliphatic rings. The molecule has 0 aromatic heterocycles. The van der Waals surface area contributed by atoms with Crippen LogP contribution in [0.3, 0.4) is 0 Å². The van der Waals surface area contributed by atoms with Gasteiger partial charge in [-0.15, -0.1) is 0 Å². The van der Waals surface area contributed by atoms with Gasteiger partial charge in [-0.1, -0.05) is 0 Å². The number of rotatable bonds is 9. The second-order valence-electron chi connectivity index (χ2n) is 6.55. The van der Waals surface area contributed by atoms with Crippen molar-refractivity contribution in [1.29, 1.82) is 5.26 Å². The molecular formula is C20H26N4O3S.